The van der Waals surface area contributed by atoms with Crippen molar-refractivity contribution in [3.05, 3.63) is 29.8 Å². The molecule has 5 nitrogen and oxygen atoms in total. The third-order valence-electron chi connectivity index (χ3n) is 2.67. The summed E-state index contributed by atoms with van der Waals surface area (Å²) in [5, 5.41) is 11.9. The fourth-order valence-electron chi connectivity index (χ4n) is 1.95. The lowest BCUT2D eigenvalue weighted by atomic mass is 10.1. The van der Waals surface area contributed by atoms with Crippen molar-refractivity contribution in [1.82, 2.24) is 5.32 Å². The summed E-state index contributed by atoms with van der Waals surface area (Å²) in [7, 11) is 0. The van der Waals surface area contributed by atoms with Crippen molar-refractivity contribution in [2.45, 2.75) is 19.4 Å². The van der Waals surface area contributed by atoms with E-state index in [9.17, 15) is 9.59 Å². The summed E-state index contributed by atoms with van der Waals surface area (Å²) in [5.74, 6) is -1.03. The zero-order valence-electron chi connectivity index (χ0n) is 9.73. The second kappa shape index (κ2) is 3.76. The number of hydrogen-bond donors (Lipinski definition) is 2. The third-order valence-corrected chi connectivity index (χ3v) is 2.67. The monoisotopic (exact) mass is 234 g/mol. The molecule has 2 amide bonds. The van der Waals surface area contributed by atoms with E-state index in [0.717, 1.165) is 0 Å². The number of nitrogens with one attached hydrogen (secondary N) is 1. The Morgan fingerprint density at radius 3 is 2.59 bits per heavy atom. The highest BCUT2D eigenvalue weighted by atomic mass is 16.4. The first kappa shape index (κ1) is 11.4. The van der Waals surface area contributed by atoms with Crippen LogP contribution in [0.5, 0.6) is 0 Å². The van der Waals surface area contributed by atoms with Gasteiger partial charge in [-0.25, -0.2) is 9.59 Å². The van der Waals surface area contributed by atoms with Crippen LogP contribution in [0, 0.1) is 0 Å². The van der Waals surface area contributed by atoms with Gasteiger partial charge in [0.05, 0.1) is 23.3 Å². The summed E-state index contributed by atoms with van der Waals surface area (Å²) in [6.45, 7) is 4.25. The second-order valence-corrected chi connectivity index (χ2v) is 4.72. The standard InChI is InChI=1S/C12H14N2O3/c1-12(2)7-14(11(17)13-12)9-6-4-3-5-8(9)10(15)16/h3-6H,7H2,1-2H3,(H,13,17)(H,15,16). The van der Waals surface area contributed by atoms with Crippen molar-refractivity contribution in [1.29, 1.82) is 0 Å². The van der Waals surface area contributed by atoms with Gasteiger partial charge in [0.2, 0.25) is 0 Å². The van der Waals surface area contributed by atoms with Gasteiger partial charge in [0.25, 0.3) is 0 Å². The Bertz CT molecular complexity index is 482. The van der Waals surface area contributed by atoms with E-state index in [1.165, 1.54) is 11.0 Å². The number of amides is 2. The van der Waals surface area contributed by atoms with Gasteiger partial charge >= 0.3 is 12.0 Å². The minimum absolute atomic E-state index is 0.139. The Labute approximate surface area is 99.0 Å². The lowest BCUT2D eigenvalue weighted by molar-refractivity contribution is 0.0697. The molecule has 1 aromatic rings. The lowest BCUT2D eigenvalue weighted by Gasteiger charge is -2.19. The molecule has 0 unspecified atom stereocenters. The molecule has 2 rings (SSSR count). The van der Waals surface area contributed by atoms with Gasteiger partial charge < -0.3 is 10.4 Å². The molecule has 1 aliphatic heterocycles. The number of carboxylic acids is 1. The second-order valence-electron chi connectivity index (χ2n) is 4.72. The largest absolute Gasteiger partial charge is 0.478 e. The third kappa shape index (κ3) is 2.08. The van der Waals surface area contributed by atoms with Gasteiger partial charge in [-0.15, -0.1) is 0 Å². The minimum Gasteiger partial charge on any atom is -0.478 e. The summed E-state index contributed by atoms with van der Waals surface area (Å²) < 4.78 is 0. The van der Waals surface area contributed by atoms with Crippen LogP contribution in [0.1, 0.15) is 24.2 Å². The molecule has 1 aromatic carbocycles. The molecule has 0 atom stereocenters. The van der Waals surface area contributed by atoms with Gasteiger partial charge in [0.15, 0.2) is 0 Å². The van der Waals surface area contributed by atoms with Crippen molar-refractivity contribution in [3.63, 3.8) is 0 Å². The minimum atomic E-state index is -1.03. The highest BCUT2D eigenvalue weighted by Crippen LogP contribution is 2.26. The first-order valence-corrected chi connectivity index (χ1v) is 5.33. The zero-order chi connectivity index (χ0) is 12.6. The van der Waals surface area contributed by atoms with Crippen molar-refractivity contribution in [3.8, 4) is 0 Å². The van der Waals surface area contributed by atoms with Gasteiger partial charge in [-0.3, -0.25) is 4.90 Å². The van der Waals surface area contributed by atoms with Gasteiger partial charge in [-0.1, -0.05) is 12.1 Å². The van der Waals surface area contributed by atoms with Crippen LogP contribution < -0.4 is 10.2 Å². The number of carboxylic acid groups (broad SMARTS) is 1. The predicted molar refractivity (Wildman–Crippen MR) is 63.4 cm³/mol. The van der Waals surface area contributed by atoms with E-state index >= 15 is 0 Å². The quantitative estimate of drug-likeness (QED) is 0.818. The van der Waals surface area contributed by atoms with Gasteiger partial charge in [0.1, 0.15) is 0 Å². The molecule has 2 N–H and O–H groups in total. The normalized spacial score (nSPS) is 18.0. The highest BCUT2D eigenvalue weighted by Gasteiger charge is 2.36. The number of hydrogen-bond acceptors (Lipinski definition) is 2. The molecule has 0 spiro atoms. The van der Waals surface area contributed by atoms with Crippen LogP contribution >= 0.6 is 0 Å². The number of carbonyl (C=O) groups excluding carboxylic acids is 1. The summed E-state index contributed by atoms with van der Waals surface area (Å²) in [4.78, 5) is 24.3. The Balaban J connectivity index is 2.42. The number of rotatable bonds is 2. The summed E-state index contributed by atoms with van der Waals surface area (Å²) in [6.07, 6.45) is 0. The van der Waals surface area contributed by atoms with Crippen LogP contribution in [0.2, 0.25) is 0 Å². The molecule has 1 aliphatic rings. The molecule has 90 valence electrons. The lowest BCUT2D eigenvalue weighted by Crippen LogP contribution is -2.36. The first-order valence-electron chi connectivity index (χ1n) is 5.33. The summed E-state index contributed by atoms with van der Waals surface area (Å²) in [5.41, 5.74) is 0.228. The smallest absolute Gasteiger partial charge is 0.337 e. The Hall–Kier alpha value is -2.04. The van der Waals surface area contributed by atoms with Crippen molar-refractivity contribution >= 4 is 17.7 Å². The van der Waals surface area contributed by atoms with Crippen LogP contribution in [0.15, 0.2) is 24.3 Å². The number of carbonyl (C=O) groups is 2. The predicted octanol–water partition coefficient (Wildman–Crippen LogP) is 1.69. The molecule has 5 heteroatoms. The van der Waals surface area contributed by atoms with Gasteiger partial charge in [0, 0.05) is 0 Å². The van der Waals surface area contributed by atoms with Crippen molar-refractivity contribution < 1.29 is 14.7 Å². The van der Waals surface area contributed by atoms with Gasteiger partial charge in [-0.2, -0.15) is 0 Å². The molecule has 17 heavy (non-hydrogen) atoms. The van der Waals surface area contributed by atoms with Crippen LogP contribution in [-0.4, -0.2) is 29.2 Å². The molecular weight excluding hydrogens is 220 g/mol. The molecule has 1 heterocycles. The molecule has 0 aliphatic carbocycles. The first-order chi connectivity index (χ1) is 7.91. The molecule has 1 fully saturated rings. The Morgan fingerprint density at radius 1 is 1.41 bits per heavy atom. The van der Waals surface area contributed by atoms with Crippen LogP contribution in [-0.2, 0) is 0 Å². The number of para-hydroxylation sites is 1. The average Bonchev–Trinajstić information content (AvgIpc) is 2.52. The molecule has 0 bridgehead atoms. The zero-order valence-corrected chi connectivity index (χ0v) is 9.73. The number of anilines is 1. The molecule has 0 saturated carbocycles. The SMILES string of the molecule is CC1(C)CN(c2ccccc2C(=O)O)C(=O)N1. The number of urea groups is 1. The maximum atomic E-state index is 11.8. The fourth-order valence-corrected chi connectivity index (χ4v) is 1.95. The number of benzene rings is 1. The van der Waals surface area contributed by atoms with E-state index in [4.69, 9.17) is 5.11 Å². The molecule has 1 saturated heterocycles. The van der Waals surface area contributed by atoms with E-state index < -0.39 is 5.97 Å². The van der Waals surface area contributed by atoms with Crippen LogP contribution in [0.25, 0.3) is 0 Å². The topological polar surface area (TPSA) is 69.6 Å². The number of nitrogens with zero attached hydrogens (tertiary/aromatic N) is 1. The number of aromatic carboxylic acids is 1. The highest BCUT2D eigenvalue weighted by molar-refractivity contribution is 6.02. The molecule has 0 radical (unpaired) electrons. The van der Waals surface area contributed by atoms with Gasteiger partial charge in [-0.05, 0) is 26.0 Å². The summed E-state index contributed by atoms with van der Waals surface area (Å²) in [6, 6.07) is 6.25. The molecule has 0 aromatic heterocycles. The van der Waals surface area contributed by atoms with E-state index in [1.807, 2.05) is 13.8 Å². The maximum Gasteiger partial charge on any atom is 0.337 e. The van der Waals surface area contributed by atoms with Crippen LogP contribution in [0.3, 0.4) is 0 Å². The summed E-state index contributed by atoms with van der Waals surface area (Å²) >= 11 is 0. The average molecular weight is 234 g/mol. The Kier molecular flexibility index (Phi) is 2.53. The van der Waals surface area contributed by atoms with E-state index in [-0.39, 0.29) is 17.1 Å². The van der Waals surface area contributed by atoms with E-state index in [2.05, 4.69) is 5.32 Å². The van der Waals surface area contributed by atoms with E-state index in [1.54, 1.807) is 18.2 Å². The van der Waals surface area contributed by atoms with Crippen LogP contribution in [0.4, 0.5) is 10.5 Å². The van der Waals surface area contributed by atoms with Crippen molar-refractivity contribution in [2.75, 3.05) is 11.4 Å². The Morgan fingerprint density at radius 2 is 2.06 bits per heavy atom. The maximum absolute atomic E-state index is 11.8. The van der Waals surface area contributed by atoms with Crippen molar-refractivity contribution in [2.24, 2.45) is 0 Å². The molecular formula is C12H14N2O3. The van der Waals surface area contributed by atoms with E-state index in [0.29, 0.717) is 12.2 Å². The fraction of sp³-hybridized carbons (Fsp3) is 0.333.